The highest BCUT2D eigenvalue weighted by Crippen LogP contribution is 2.22. The molecular formula is C21H21ClN2O4S. The molecule has 3 aromatic carbocycles. The number of anilines is 1. The van der Waals surface area contributed by atoms with E-state index in [1.54, 1.807) is 18.2 Å². The van der Waals surface area contributed by atoms with Crippen molar-refractivity contribution >= 4 is 44.0 Å². The van der Waals surface area contributed by atoms with E-state index >= 15 is 0 Å². The number of halogens is 1. The third kappa shape index (κ3) is 5.85. The second-order valence-electron chi connectivity index (χ2n) is 6.46. The first kappa shape index (κ1) is 21.0. The number of hydrogen-bond donors (Lipinski definition) is 1. The van der Waals surface area contributed by atoms with Gasteiger partial charge in [-0.05, 0) is 41.1 Å². The van der Waals surface area contributed by atoms with Gasteiger partial charge in [-0.2, -0.15) is 0 Å². The number of nitrogens with one attached hydrogen (secondary N) is 1. The summed E-state index contributed by atoms with van der Waals surface area (Å²) in [5.74, 6) is 0.271. The maximum absolute atomic E-state index is 12.2. The second kappa shape index (κ2) is 9.15. The lowest BCUT2D eigenvalue weighted by atomic mass is 10.1. The Bertz CT molecular complexity index is 1120. The molecule has 0 atom stereocenters. The molecule has 8 heteroatoms. The number of hydrogen-bond acceptors (Lipinski definition) is 4. The van der Waals surface area contributed by atoms with Crippen LogP contribution in [-0.2, 0) is 14.8 Å². The minimum atomic E-state index is -3.64. The monoisotopic (exact) mass is 432 g/mol. The number of nitrogens with zero attached hydrogens (tertiary/aromatic N) is 1. The molecule has 6 nitrogen and oxygen atoms in total. The van der Waals surface area contributed by atoms with Crippen LogP contribution in [0.5, 0.6) is 5.75 Å². The molecule has 0 bridgehead atoms. The van der Waals surface area contributed by atoms with E-state index in [1.807, 2.05) is 42.5 Å². The van der Waals surface area contributed by atoms with Gasteiger partial charge in [-0.25, -0.2) is 8.42 Å². The minimum absolute atomic E-state index is 0.249. The lowest BCUT2D eigenvalue weighted by Gasteiger charge is -2.22. The summed E-state index contributed by atoms with van der Waals surface area (Å²) in [7, 11) is -3.64. The summed E-state index contributed by atoms with van der Waals surface area (Å²) in [6.45, 7) is 0.175. The highest BCUT2D eigenvalue weighted by atomic mass is 35.5. The fourth-order valence-electron chi connectivity index (χ4n) is 2.83. The first-order valence-corrected chi connectivity index (χ1v) is 11.2. The summed E-state index contributed by atoms with van der Waals surface area (Å²) < 4.78 is 30.8. The van der Waals surface area contributed by atoms with Crippen LogP contribution in [0.1, 0.15) is 0 Å². The standard InChI is InChI=1S/C21H21ClN2O4S/c1-29(26,27)24(19-8-4-7-18(22)14-19)15-21(25)23-11-12-28-20-10-9-16-5-2-3-6-17(16)13-20/h2-10,13-14H,11-12,15H2,1H3,(H,23,25). The van der Waals surface area contributed by atoms with Gasteiger partial charge in [0, 0.05) is 5.02 Å². The molecule has 0 aliphatic carbocycles. The average Bonchev–Trinajstić information content (AvgIpc) is 2.68. The molecule has 0 fully saturated rings. The molecule has 152 valence electrons. The van der Waals surface area contributed by atoms with Gasteiger partial charge in [-0.3, -0.25) is 9.10 Å². The zero-order valence-corrected chi connectivity index (χ0v) is 17.4. The van der Waals surface area contributed by atoms with E-state index in [2.05, 4.69) is 5.32 Å². The van der Waals surface area contributed by atoms with Crippen molar-refractivity contribution in [3.8, 4) is 5.75 Å². The smallest absolute Gasteiger partial charge is 0.240 e. The van der Waals surface area contributed by atoms with Gasteiger partial charge < -0.3 is 10.1 Å². The fourth-order valence-corrected chi connectivity index (χ4v) is 3.87. The van der Waals surface area contributed by atoms with Gasteiger partial charge in [-0.1, -0.05) is 48.0 Å². The van der Waals surface area contributed by atoms with Crippen LogP contribution in [0.15, 0.2) is 66.7 Å². The molecule has 0 radical (unpaired) electrons. The number of rotatable bonds is 8. The Kier molecular flexibility index (Phi) is 6.61. The lowest BCUT2D eigenvalue weighted by molar-refractivity contribution is -0.119. The quantitative estimate of drug-likeness (QED) is 0.553. The molecule has 0 saturated carbocycles. The van der Waals surface area contributed by atoms with Crippen molar-refractivity contribution in [1.82, 2.24) is 5.32 Å². The van der Waals surface area contributed by atoms with Gasteiger partial charge in [0.15, 0.2) is 0 Å². The summed E-state index contributed by atoms with van der Waals surface area (Å²) in [6.07, 6.45) is 1.05. The van der Waals surface area contributed by atoms with E-state index in [9.17, 15) is 13.2 Å². The van der Waals surface area contributed by atoms with Gasteiger partial charge >= 0.3 is 0 Å². The van der Waals surface area contributed by atoms with Crippen molar-refractivity contribution in [2.45, 2.75) is 0 Å². The van der Waals surface area contributed by atoms with Crippen LogP contribution in [0.2, 0.25) is 5.02 Å². The van der Waals surface area contributed by atoms with E-state index < -0.39 is 15.9 Å². The molecule has 0 aliphatic heterocycles. The third-order valence-electron chi connectivity index (χ3n) is 4.20. The van der Waals surface area contributed by atoms with Crippen LogP contribution in [0.4, 0.5) is 5.69 Å². The van der Waals surface area contributed by atoms with Crippen molar-refractivity contribution in [2.75, 3.05) is 30.3 Å². The number of ether oxygens (including phenoxy) is 1. The molecule has 3 rings (SSSR count). The van der Waals surface area contributed by atoms with E-state index in [4.69, 9.17) is 16.3 Å². The first-order chi connectivity index (χ1) is 13.8. The number of sulfonamides is 1. The predicted octanol–water partition coefficient (Wildman–Crippen LogP) is 3.45. The minimum Gasteiger partial charge on any atom is -0.492 e. The van der Waals surface area contributed by atoms with Gasteiger partial charge in [0.25, 0.3) is 0 Å². The molecule has 0 heterocycles. The second-order valence-corrected chi connectivity index (χ2v) is 8.80. The first-order valence-electron chi connectivity index (χ1n) is 8.94. The Hall–Kier alpha value is -2.77. The Morgan fingerprint density at radius 2 is 1.79 bits per heavy atom. The van der Waals surface area contributed by atoms with Crippen molar-refractivity contribution in [3.05, 3.63) is 71.8 Å². The van der Waals surface area contributed by atoms with Crippen LogP contribution in [-0.4, -0.2) is 40.3 Å². The van der Waals surface area contributed by atoms with Gasteiger partial charge in [-0.15, -0.1) is 0 Å². The maximum Gasteiger partial charge on any atom is 0.240 e. The van der Waals surface area contributed by atoms with Gasteiger partial charge in [0.2, 0.25) is 15.9 Å². The molecular weight excluding hydrogens is 412 g/mol. The summed E-state index contributed by atoms with van der Waals surface area (Å²) in [4.78, 5) is 12.2. The highest BCUT2D eigenvalue weighted by Gasteiger charge is 2.20. The molecule has 29 heavy (non-hydrogen) atoms. The number of fused-ring (bicyclic) bond motifs is 1. The maximum atomic E-state index is 12.2. The number of amides is 1. The molecule has 1 amide bonds. The molecule has 0 spiro atoms. The molecule has 1 N–H and O–H groups in total. The van der Waals surface area contributed by atoms with E-state index in [0.29, 0.717) is 16.5 Å². The number of carbonyl (C=O) groups is 1. The van der Waals surface area contributed by atoms with Crippen molar-refractivity contribution in [1.29, 1.82) is 0 Å². The lowest BCUT2D eigenvalue weighted by Crippen LogP contribution is -2.41. The third-order valence-corrected chi connectivity index (χ3v) is 5.57. The van der Waals surface area contributed by atoms with Crippen LogP contribution in [0.3, 0.4) is 0 Å². The number of carbonyl (C=O) groups excluding carboxylic acids is 1. The molecule has 3 aromatic rings. The Balaban J connectivity index is 1.53. The average molecular weight is 433 g/mol. The largest absolute Gasteiger partial charge is 0.492 e. The van der Waals surface area contributed by atoms with Crippen LogP contribution in [0.25, 0.3) is 10.8 Å². The molecule has 0 saturated heterocycles. The van der Waals surface area contributed by atoms with Gasteiger partial charge in [0.05, 0.1) is 18.5 Å². The summed E-state index contributed by atoms with van der Waals surface area (Å²) in [5, 5.41) is 5.25. The van der Waals surface area contributed by atoms with Crippen LogP contribution < -0.4 is 14.4 Å². The Labute approximate surface area is 175 Å². The number of benzene rings is 3. The highest BCUT2D eigenvalue weighted by molar-refractivity contribution is 7.92. The molecule has 0 unspecified atom stereocenters. The molecule has 0 aromatic heterocycles. The SMILES string of the molecule is CS(=O)(=O)N(CC(=O)NCCOc1ccc2ccccc2c1)c1cccc(Cl)c1. The van der Waals surface area contributed by atoms with E-state index in [-0.39, 0.29) is 19.7 Å². The Morgan fingerprint density at radius 1 is 1.03 bits per heavy atom. The summed E-state index contributed by atoms with van der Waals surface area (Å²) >= 11 is 5.93. The van der Waals surface area contributed by atoms with Gasteiger partial charge in [0.1, 0.15) is 18.9 Å². The Morgan fingerprint density at radius 3 is 2.52 bits per heavy atom. The zero-order valence-electron chi connectivity index (χ0n) is 15.8. The zero-order chi connectivity index (χ0) is 20.9. The summed E-state index contributed by atoms with van der Waals surface area (Å²) in [5.41, 5.74) is 0.336. The molecule has 0 aliphatic rings. The van der Waals surface area contributed by atoms with Crippen molar-refractivity contribution in [3.63, 3.8) is 0 Å². The van der Waals surface area contributed by atoms with E-state index in [1.165, 1.54) is 6.07 Å². The van der Waals surface area contributed by atoms with Crippen LogP contribution >= 0.6 is 11.6 Å². The van der Waals surface area contributed by atoms with Crippen LogP contribution in [0, 0.1) is 0 Å². The summed E-state index contributed by atoms with van der Waals surface area (Å²) in [6, 6.07) is 20.1. The topological polar surface area (TPSA) is 75.7 Å². The van der Waals surface area contributed by atoms with Crippen molar-refractivity contribution in [2.24, 2.45) is 0 Å². The van der Waals surface area contributed by atoms with Crippen molar-refractivity contribution < 1.29 is 17.9 Å². The predicted molar refractivity (Wildman–Crippen MR) is 116 cm³/mol. The van der Waals surface area contributed by atoms with E-state index in [0.717, 1.165) is 21.3 Å². The normalized spacial score (nSPS) is 11.2. The fraction of sp³-hybridized carbons (Fsp3) is 0.190.